The third-order valence-corrected chi connectivity index (χ3v) is 10.6. The molecule has 7 rings (SSSR count). The van der Waals surface area contributed by atoms with Gasteiger partial charge in [0.1, 0.15) is 63.9 Å². The highest BCUT2D eigenvalue weighted by Crippen LogP contribution is 2.55. The molecule has 2 bridgehead atoms. The molecule has 13 heteroatoms. The lowest BCUT2D eigenvalue weighted by Gasteiger charge is -2.47. The molecule has 5 heterocycles. The number of pyridine rings is 2. The monoisotopic (exact) mass is 744 g/mol. The van der Waals surface area contributed by atoms with Crippen LogP contribution in [0.4, 0.5) is 11.6 Å². The summed E-state index contributed by atoms with van der Waals surface area (Å²) in [6.45, 7) is 2.23. The molecule has 55 heavy (non-hydrogen) atoms. The van der Waals surface area contributed by atoms with Crippen molar-refractivity contribution in [3.8, 4) is 29.1 Å². The normalized spacial score (nSPS) is 21.9. The van der Waals surface area contributed by atoms with Crippen LogP contribution in [0.2, 0.25) is 0 Å². The minimum absolute atomic E-state index is 0.00154. The molecular weight excluding hydrogens is 704 g/mol. The number of hydrogen-bond acceptors (Lipinski definition) is 13. The molecule has 3 aromatic heterocycles. The summed E-state index contributed by atoms with van der Waals surface area (Å²) in [6, 6.07) is 14.7. The summed E-state index contributed by atoms with van der Waals surface area (Å²) in [5.41, 5.74) is 12.7. The average Bonchev–Trinajstić information content (AvgIpc) is 3.16. The van der Waals surface area contributed by atoms with Gasteiger partial charge >= 0.3 is 5.97 Å². The fraction of sp³-hybridized carbons (Fsp3) is 0.286. The molecule has 0 fully saturated rings. The van der Waals surface area contributed by atoms with Crippen LogP contribution in [0.3, 0.4) is 0 Å². The van der Waals surface area contributed by atoms with E-state index in [-0.39, 0.29) is 58.0 Å². The van der Waals surface area contributed by atoms with Crippen LogP contribution in [0, 0.1) is 17.8 Å². The molecule has 0 radical (unpaired) electrons. The van der Waals surface area contributed by atoms with Gasteiger partial charge in [0.05, 0.1) is 18.1 Å². The molecule has 5 aromatic rings. The van der Waals surface area contributed by atoms with Gasteiger partial charge in [0.15, 0.2) is 5.43 Å². The van der Waals surface area contributed by atoms with E-state index in [2.05, 4.69) is 21.8 Å². The van der Waals surface area contributed by atoms with Crippen molar-refractivity contribution in [2.75, 3.05) is 18.1 Å². The number of nitrogens with two attached hydrogens (primary N) is 2. The highest BCUT2D eigenvalue weighted by molar-refractivity contribution is 5.92. The van der Waals surface area contributed by atoms with Crippen molar-refractivity contribution in [2.24, 2.45) is 5.92 Å². The first-order chi connectivity index (χ1) is 26.4. The summed E-state index contributed by atoms with van der Waals surface area (Å²) < 4.78 is 19.6. The number of carbonyl (C=O) groups is 1. The van der Waals surface area contributed by atoms with Crippen LogP contribution >= 0.6 is 0 Å². The lowest BCUT2D eigenvalue weighted by atomic mass is 9.71. The predicted molar refractivity (Wildman–Crippen MR) is 203 cm³/mol. The average molecular weight is 745 g/mol. The zero-order valence-corrected chi connectivity index (χ0v) is 30.2. The maximum Gasteiger partial charge on any atom is 0.336 e. The van der Waals surface area contributed by atoms with Crippen molar-refractivity contribution in [3.05, 3.63) is 122 Å². The van der Waals surface area contributed by atoms with Gasteiger partial charge in [0.2, 0.25) is 0 Å². The molecular formula is C42H40N4O9. The molecule has 0 aliphatic carbocycles. The first-order valence-corrected chi connectivity index (χ1v) is 17.8. The number of ether oxygens (including phenoxy) is 2. The number of nitrogens with zero attached hydrogens (tertiary/aromatic N) is 2. The molecule has 0 saturated carbocycles. The number of rotatable bonds is 8. The number of allylic oxidation sites excluding steroid dienone is 1. The van der Waals surface area contributed by atoms with Gasteiger partial charge in [-0.05, 0) is 67.3 Å². The van der Waals surface area contributed by atoms with Gasteiger partial charge < -0.3 is 45.8 Å². The van der Waals surface area contributed by atoms with Gasteiger partial charge in [0.25, 0.3) is 0 Å². The van der Waals surface area contributed by atoms with Crippen molar-refractivity contribution in [2.45, 2.75) is 63.3 Å². The molecule has 8 N–H and O–H groups in total. The Hall–Kier alpha value is -6.36. The van der Waals surface area contributed by atoms with Crippen LogP contribution in [-0.4, -0.2) is 54.7 Å². The lowest BCUT2D eigenvalue weighted by molar-refractivity contribution is -0.165. The molecule has 282 valence electrons. The lowest BCUT2D eigenvalue weighted by Crippen LogP contribution is -2.57. The van der Waals surface area contributed by atoms with Crippen LogP contribution in [0.5, 0.6) is 17.2 Å². The number of aromatic hydroxyl groups is 2. The van der Waals surface area contributed by atoms with Gasteiger partial charge in [-0.25, -0.2) is 14.8 Å². The minimum Gasteiger partial charge on any atom is -0.508 e. The molecule has 13 nitrogen and oxygen atoms in total. The number of phenols is 2. The van der Waals surface area contributed by atoms with Crippen LogP contribution in [0.25, 0.3) is 11.0 Å². The highest BCUT2D eigenvalue weighted by Gasteiger charge is 2.52. The molecule has 2 aliphatic heterocycles. The van der Waals surface area contributed by atoms with Crippen molar-refractivity contribution < 1.29 is 39.1 Å². The summed E-state index contributed by atoms with van der Waals surface area (Å²) >= 11 is 0. The predicted octanol–water partition coefficient (Wildman–Crippen LogP) is 4.38. The number of aliphatic hydroxyl groups is 2. The van der Waals surface area contributed by atoms with Crippen LogP contribution in [0.15, 0.2) is 87.9 Å². The first kappa shape index (κ1) is 37.0. The Kier molecular flexibility index (Phi) is 9.96. The second-order valence-electron chi connectivity index (χ2n) is 13.9. The minimum atomic E-state index is -1.36. The molecule has 0 saturated heterocycles. The smallest absolute Gasteiger partial charge is 0.336 e. The van der Waals surface area contributed by atoms with E-state index in [1.54, 1.807) is 56.4 Å². The number of nitrogen functional groups attached to an aromatic ring is 2. The molecule has 0 unspecified atom stereocenters. The van der Waals surface area contributed by atoms with Crippen molar-refractivity contribution >= 4 is 28.6 Å². The van der Waals surface area contributed by atoms with Gasteiger partial charge in [-0.2, -0.15) is 0 Å². The molecule has 0 amide bonds. The van der Waals surface area contributed by atoms with Gasteiger partial charge in [0, 0.05) is 54.3 Å². The van der Waals surface area contributed by atoms with Gasteiger partial charge in [-0.3, -0.25) is 4.79 Å². The van der Waals surface area contributed by atoms with E-state index in [0.29, 0.717) is 28.9 Å². The SMILES string of the molecule is C/C=C(/CO)C(=O)O[C@@H]1Cc2c3c(c4oc(CO)cc(=O)c4c2O)[C@@H](c2ccnc(N)c2)[C@@H](c2cccc(O)c2)C#CC[C@H](Cc2ccc(N)nc2)[C@]1(C)O3. The van der Waals surface area contributed by atoms with Crippen molar-refractivity contribution in [3.63, 3.8) is 0 Å². The standard InChI is InChI=1S/C42H40N4O9/c1-3-23(20-47)41(52)54-32-18-30-38(51)36-31(50)17-28(21-48)53-40(36)37-35(25-12-13-45-34(44)16-25)29(24-6-4-8-27(49)15-24)9-5-7-26(42(32,2)55-39(30)37)14-22-10-11-33(43)46-19-22/h3-4,6,8,10-13,15-17,19,26,29,32,35,47-49,51H,7,14,18,20-21H2,1-2H3,(H2,43,46)(H2,44,45)/b23-3-/t26-,29-,32-,35+,42+/m1/s1. The molecule has 2 aliphatic rings. The Morgan fingerprint density at radius 3 is 2.58 bits per heavy atom. The summed E-state index contributed by atoms with van der Waals surface area (Å²) in [6.07, 6.45) is 4.04. The summed E-state index contributed by atoms with van der Waals surface area (Å²) in [4.78, 5) is 35.9. The van der Waals surface area contributed by atoms with E-state index >= 15 is 0 Å². The number of benzene rings is 2. The summed E-state index contributed by atoms with van der Waals surface area (Å²) in [7, 11) is 0. The Morgan fingerprint density at radius 1 is 1.07 bits per heavy atom. The Balaban J connectivity index is 1.59. The zero-order chi connectivity index (χ0) is 39.0. The van der Waals surface area contributed by atoms with Crippen LogP contribution < -0.4 is 21.6 Å². The third-order valence-electron chi connectivity index (χ3n) is 10.6. The van der Waals surface area contributed by atoms with Gasteiger partial charge in [-0.1, -0.05) is 30.2 Å². The van der Waals surface area contributed by atoms with Crippen LogP contribution in [0.1, 0.15) is 65.7 Å². The Bertz CT molecular complexity index is 2450. The topological polar surface area (TPSA) is 224 Å². The van der Waals surface area contributed by atoms with Crippen molar-refractivity contribution in [1.29, 1.82) is 0 Å². The maximum atomic E-state index is 13.9. The maximum absolute atomic E-state index is 13.9. The number of fused-ring (bicyclic) bond motifs is 3. The van der Waals surface area contributed by atoms with E-state index in [1.807, 2.05) is 12.1 Å². The van der Waals surface area contributed by atoms with E-state index in [4.69, 9.17) is 25.4 Å². The summed E-state index contributed by atoms with van der Waals surface area (Å²) in [5.74, 6) is 4.23. The number of phenolic OH excluding ortho intramolecular Hbond substituents is 2. The third kappa shape index (κ3) is 6.82. The number of aromatic nitrogens is 2. The number of carbonyl (C=O) groups excluding carboxylic acids is 1. The van der Waals surface area contributed by atoms with Crippen molar-refractivity contribution in [1.82, 2.24) is 9.97 Å². The van der Waals surface area contributed by atoms with E-state index < -0.39 is 59.8 Å². The number of anilines is 2. The Morgan fingerprint density at radius 2 is 1.89 bits per heavy atom. The number of esters is 1. The van der Waals surface area contributed by atoms with E-state index in [0.717, 1.165) is 11.6 Å². The van der Waals surface area contributed by atoms with Crippen LogP contribution in [-0.2, 0) is 29.0 Å². The fourth-order valence-electron chi connectivity index (χ4n) is 7.68. The first-order valence-electron chi connectivity index (χ1n) is 17.8. The highest BCUT2D eigenvalue weighted by atomic mass is 16.6. The van der Waals surface area contributed by atoms with E-state index in [9.17, 15) is 30.0 Å². The largest absolute Gasteiger partial charge is 0.508 e. The summed E-state index contributed by atoms with van der Waals surface area (Å²) in [5, 5.41) is 42.7. The number of hydrogen-bond donors (Lipinski definition) is 6. The van der Waals surface area contributed by atoms with Gasteiger partial charge in [-0.15, -0.1) is 5.92 Å². The second-order valence-corrected chi connectivity index (χ2v) is 13.9. The number of aliphatic hydroxyl groups excluding tert-OH is 2. The van der Waals surface area contributed by atoms with E-state index in [1.165, 1.54) is 12.3 Å². The molecule has 5 atom stereocenters. The molecule has 2 aromatic carbocycles. The second kappa shape index (κ2) is 14.8. The quantitative estimate of drug-likeness (QED) is 0.0738. The fourth-order valence-corrected chi connectivity index (χ4v) is 7.68. The molecule has 0 spiro atoms. The zero-order valence-electron chi connectivity index (χ0n) is 30.2. The Labute approximate surface area is 315 Å².